The van der Waals surface area contributed by atoms with Gasteiger partial charge in [-0.2, -0.15) is 0 Å². The van der Waals surface area contributed by atoms with Crippen molar-refractivity contribution in [2.45, 2.75) is 19.4 Å². The van der Waals surface area contributed by atoms with Gasteiger partial charge in [0.25, 0.3) is 0 Å². The number of anilines is 1. The summed E-state index contributed by atoms with van der Waals surface area (Å²) in [5, 5.41) is 17.6. The minimum Gasteiger partial charge on any atom is -0.481 e. The molecule has 2 heterocycles. The Morgan fingerprint density at radius 3 is 3.00 bits per heavy atom. The van der Waals surface area contributed by atoms with E-state index in [2.05, 4.69) is 15.8 Å². The Bertz CT molecular complexity index is 556. The monoisotopic (exact) mass is 296 g/mol. The molecule has 1 unspecified atom stereocenters. The summed E-state index contributed by atoms with van der Waals surface area (Å²) in [7, 11) is 0. The van der Waals surface area contributed by atoms with E-state index in [-0.39, 0.29) is 30.6 Å². The van der Waals surface area contributed by atoms with Crippen molar-refractivity contribution in [1.29, 1.82) is 0 Å². The summed E-state index contributed by atoms with van der Waals surface area (Å²) in [4.78, 5) is 36.0. The predicted octanol–water partition coefficient (Wildman–Crippen LogP) is -0.803. The van der Waals surface area contributed by atoms with Crippen molar-refractivity contribution < 1.29 is 24.0 Å². The van der Waals surface area contributed by atoms with Crippen LogP contribution in [-0.4, -0.2) is 58.6 Å². The zero-order valence-corrected chi connectivity index (χ0v) is 11.5. The van der Waals surface area contributed by atoms with Crippen LogP contribution in [0, 0.1) is 6.92 Å². The highest BCUT2D eigenvalue weighted by Crippen LogP contribution is 2.10. The van der Waals surface area contributed by atoms with Crippen molar-refractivity contribution in [3.8, 4) is 0 Å². The number of piperazine rings is 1. The number of carbonyl (C=O) groups is 3. The molecule has 0 radical (unpaired) electrons. The summed E-state index contributed by atoms with van der Waals surface area (Å²) in [5.74, 6) is -1.00. The molecule has 0 saturated carbocycles. The first-order valence-corrected chi connectivity index (χ1v) is 6.42. The highest BCUT2D eigenvalue weighted by Gasteiger charge is 2.32. The van der Waals surface area contributed by atoms with Gasteiger partial charge in [-0.15, -0.1) is 0 Å². The summed E-state index contributed by atoms with van der Waals surface area (Å²) in [6, 6.07) is 0.719. The largest absolute Gasteiger partial charge is 0.481 e. The number of nitrogens with zero attached hydrogens (tertiary/aromatic N) is 2. The predicted molar refractivity (Wildman–Crippen MR) is 70.5 cm³/mol. The summed E-state index contributed by atoms with van der Waals surface area (Å²) in [6.45, 7) is 2.40. The number of carbonyl (C=O) groups excluding carboxylic acids is 2. The lowest BCUT2D eigenvalue weighted by Gasteiger charge is -2.33. The zero-order valence-electron chi connectivity index (χ0n) is 11.5. The molecule has 0 spiro atoms. The number of hydrogen-bond acceptors (Lipinski definition) is 6. The van der Waals surface area contributed by atoms with E-state index in [1.807, 2.05) is 0 Å². The topological polar surface area (TPSA) is 125 Å². The minimum atomic E-state index is -1.09. The lowest BCUT2D eigenvalue weighted by Crippen LogP contribution is -2.57. The number of aromatic nitrogens is 1. The first-order valence-electron chi connectivity index (χ1n) is 6.42. The molecular formula is C12H16N4O5. The SMILES string of the molecule is Cc1cc(NC(=O)CN2CCNC(=O)C2CC(=O)O)no1. The van der Waals surface area contributed by atoms with Gasteiger partial charge in [0.15, 0.2) is 5.82 Å². The van der Waals surface area contributed by atoms with Crippen LogP contribution in [0.1, 0.15) is 12.2 Å². The van der Waals surface area contributed by atoms with E-state index < -0.39 is 12.0 Å². The van der Waals surface area contributed by atoms with E-state index in [0.717, 1.165) is 0 Å². The number of carboxylic acid groups (broad SMARTS) is 1. The van der Waals surface area contributed by atoms with Gasteiger partial charge in [0, 0.05) is 19.2 Å². The highest BCUT2D eigenvalue weighted by molar-refractivity contribution is 5.92. The van der Waals surface area contributed by atoms with Gasteiger partial charge in [0.05, 0.1) is 13.0 Å². The zero-order chi connectivity index (χ0) is 15.4. The van der Waals surface area contributed by atoms with Gasteiger partial charge < -0.3 is 20.3 Å². The Kier molecular flexibility index (Phi) is 4.53. The fraction of sp³-hybridized carbons (Fsp3) is 0.500. The first-order chi connectivity index (χ1) is 9.95. The molecule has 1 saturated heterocycles. The van der Waals surface area contributed by atoms with E-state index >= 15 is 0 Å². The highest BCUT2D eigenvalue weighted by atomic mass is 16.5. The molecule has 1 atom stereocenters. The Hall–Kier alpha value is -2.42. The molecule has 1 aliphatic rings. The Morgan fingerprint density at radius 2 is 2.38 bits per heavy atom. The number of aliphatic carboxylic acids is 1. The van der Waals surface area contributed by atoms with Crippen molar-refractivity contribution in [2.75, 3.05) is 25.0 Å². The molecule has 1 aromatic heterocycles. The van der Waals surface area contributed by atoms with Gasteiger partial charge in [-0.1, -0.05) is 5.16 Å². The number of hydrogen-bond donors (Lipinski definition) is 3. The molecule has 9 heteroatoms. The fourth-order valence-corrected chi connectivity index (χ4v) is 2.13. The molecule has 9 nitrogen and oxygen atoms in total. The third-order valence-electron chi connectivity index (χ3n) is 3.05. The summed E-state index contributed by atoms with van der Waals surface area (Å²) in [5.41, 5.74) is 0. The van der Waals surface area contributed by atoms with Gasteiger partial charge in [-0.05, 0) is 6.92 Å². The van der Waals surface area contributed by atoms with Gasteiger partial charge in [-0.25, -0.2) is 0 Å². The van der Waals surface area contributed by atoms with Crippen molar-refractivity contribution in [3.05, 3.63) is 11.8 Å². The number of carboxylic acids is 1. The van der Waals surface area contributed by atoms with Crippen molar-refractivity contribution in [3.63, 3.8) is 0 Å². The summed E-state index contributed by atoms with van der Waals surface area (Å²) >= 11 is 0. The standard InChI is InChI=1S/C12H16N4O5/c1-7-4-9(15-21-7)14-10(17)6-16-3-2-13-12(20)8(16)5-11(18)19/h4,8H,2-3,5-6H2,1H3,(H,13,20)(H,18,19)(H,14,15,17). The van der Waals surface area contributed by atoms with Crippen LogP contribution in [0.3, 0.4) is 0 Å². The maximum atomic E-state index is 11.9. The molecule has 0 aromatic carbocycles. The van der Waals surface area contributed by atoms with E-state index in [9.17, 15) is 14.4 Å². The van der Waals surface area contributed by atoms with Crippen LogP contribution < -0.4 is 10.6 Å². The molecule has 3 N–H and O–H groups in total. The fourth-order valence-electron chi connectivity index (χ4n) is 2.13. The number of aryl methyl sites for hydroxylation is 1. The normalized spacial score (nSPS) is 19.1. The molecule has 1 aliphatic heterocycles. The lowest BCUT2D eigenvalue weighted by atomic mass is 10.1. The maximum absolute atomic E-state index is 11.9. The van der Waals surface area contributed by atoms with E-state index in [4.69, 9.17) is 9.63 Å². The quantitative estimate of drug-likeness (QED) is 0.649. The molecule has 0 aliphatic carbocycles. The van der Waals surface area contributed by atoms with Crippen LogP contribution >= 0.6 is 0 Å². The Labute approximate surface area is 120 Å². The first kappa shape index (κ1) is 15.0. The van der Waals surface area contributed by atoms with Gasteiger partial charge >= 0.3 is 5.97 Å². The van der Waals surface area contributed by atoms with Crippen LogP contribution in [0.15, 0.2) is 10.6 Å². The number of rotatable bonds is 5. The third-order valence-corrected chi connectivity index (χ3v) is 3.05. The molecule has 21 heavy (non-hydrogen) atoms. The second-order valence-corrected chi connectivity index (χ2v) is 4.75. The number of nitrogens with one attached hydrogen (secondary N) is 2. The van der Waals surface area contributed by atoms with Crippen molar-refractivity contribution in [2.24, 2.45) is 0 Å². The van der Waals surface area contributed by atoms with E-state index in [0.29, 0.717) is 18.8 Å². The molecule has 1 aromatic rings. The van der Waals surface area contributed by atoms with Crippen molar-refractivity contribution >= 4 is 23.6 Å². The average molecular weight is 296 g/mol. The smallest absolute Gasteiger partial charge is 0.305 e. The summed E-state index contributed by atoms with van der Waals surface area (Å²) < 4.78 is 4.83. The molecular weight excluding hydrogens is 280 g/mol. The van der Waals surface area contributed by atoms with Crippen LogP contribution in [0.4, 0.5) is 5.82 Å². The lowest BCUT2D eigenvalue weighted by molar-refractivity contribution is -0.143. The second kappa shape index (κ2) is 6.35. The molecule has 2 rings (SSSR count). The van der Waals surface area contributed by atoms with E-state index in [1.165, 1.54) is 4.90 Å². The average Bonchev–Trinajstić information content (AvgIpc) is 2.78. The molecule has 2 amide bonds. The van der Waals surface area contributed by atoms with Crippen LogP contribution in [-0.2, 0) is 14.4 Å². The summed E-state index contributed by atoms with van der Waals surface area (Å²) in [6.07, 6.45) is -0.345. The Balaban J connectivity index is 1.96. The minimum absolute atomic E-state index is 0.0860. The van der Waals surface area contributed by atoms with Gasteiger partial charge in [-0.3, -0.25) is 19.3 Å². The van der Waals surface area contributed by atoms with Crippen molar-refractivity contribution in [1.82, 2.24) is 15.4 Å². The van der Waals surface area contributed by atoms with Gasteiger partial charge in [0.1, 0.15) is 11.8 Å². The van der Waals surface area contributed by atoms with Crippen LogP contribution in [0.2, 0.25) is 0 Å². The van der Waals surface area contributed by atoms with Crippen LogP contribution in [0.25, 0.3) is 0 Å². The number of amides is 2. The van der Waals surface area contributed by atoms with E-state index in [1.54, 1.807) is 13.0 Å². The molecule has 1 fully saturated rings. The molecule has 114 valence electrons. The third kappa shape index (κ3) is 4.02. The maximum Gasteiger partial charge on any atom is 0.305 e. The Morgan fingerprint density at radius 1 is 1.62 bits per heavy atom. The second-order valence-electron chi connectivity index (χ2n) is 4.75. The van der Waals surface area contributed by atoms with Gasteiger partial charge in [0.2, 0.25) is 11.8 Å². The van der Waals surface area contributed by atoms with Crippen LogP contribution in [0.5, 0.6) is 0 Å². The molecule has 0 bridgehead atoms.